The van der Waals surface area contributed by atoms with E-state index >= 15 is 0 Å². The lowest BCUT2D eigenvalue weighted by molar-refractivity contribution is -0.141. The molecule has 136 valence electrons. The number of hydrogen-bond acceptors (Lipinski definition) is 2. The van der Waals surface area contributed by atoms with Gasteiger partial charge < -0.3 is 10.0 Å². The van der Waals surface area contributed by atoms with Crippen molar-refractivity contribution in [2.45, 2.75) is 64.3 Å². The van der Waals surface area contributed by atoms with Gasteiger partial charge in [0.2, 0.25) is 5.91 Å². The van der Waals surface area contributed by atoms with Crippen molar-refractivity contribution in [2.75, 3.05) is 6.54 Å². The number of likely N-dealkylation sites (tertiary alicyclic amines) is 1. The van der Waals surface area contributed by atoms with Crippen LogP contribution in [0.5, 0.6) is 0 Å². The molecule has 1 aromatic carbocycles. The van der Waals surface area contributed by atoms with E-state index in [1.165, 1.54) is 11.1 Å². The fourth-order valence-corrected chi connectivity index (χ4v) is 4.25. The number of benzene rings is 1. The number of carbonyl (C=O) groups is 2. The van der Waals surface area contributed by atoms with Gasteiger partial charge in [-0.3, -0.25) is 9.59 Å². The normalized spacial score (nSPS) is 26.8. The molecule has 1 saturated carbocycles. The number of amides is 1. The number of aliphatic carboxylic acids is 1. The fraction of sp³-hybridized carbons (Fsp3) is 0.619. The summed E-state index contributed by atoms with van der Waals surface area (Å²) in [6, 6.07) is 8.81. The van der Waals surface area contributed by atoms with E-state index in [0.29, 0.717) is 19.3 Å². The highest BCUT2D eigenvalue weighted by Crippen LogP contribution is 2.38. The Morgan fingerprint density at radius 1 is 1.04 bits per heavy atom. The zero-order valence-corrected chi connectivity index (χ0v) is 15.5. The Morgan fingerprint density at radius 3 is 2.24 bits per heavy atom. The van der Waals surface area contributed by atoms with E-state index in [9.17, 15) is 14.7 Å². The number of rotatable bonds is 3. The molecule has 1 unspecified atom stereocenters. The molecule has 1 aromatic rings. The summed E-state index contributed by atoms with van der Waals surface area (Å²) >= 11 is 0. The molecule has 1 heterocycles. The van der Waals surface area contributed by atoms with E-state index in [0.717, 1.165) is 19.4 Å². The third kappa shape index (κ3) is 3.73. The largest absolute Gasteiger partial charge is 0.481 e. The predicted molar refractivity (Wildman–Crippen MR) is 97.3 cm³/mol. The topological polar surface area (TPSA) is 57.6 Å². The molecule has 4 nitrogen and oxygen atoms in total. The summed E-state index contributed by atoms with van der Waals surface area (Å²) in [5.74, 6) is -1.06. The molecule has 1 aliphatic carbocycles. The van der Waals surface area contributed by atoms with Crippen LogP contribution in [0.25, 0.3) is 0 Å². The highest BCUT2D eigenvalue weighted by Gasteiger charge is 2.39. The zero-order chi connectivity index (χ0) is 18.2. The fourth-order valence-electron chi connectivity index (χ4n) is 4.25. The maximum absolute atomic E-state index is 13.0. The summed E-state index contributed by atoms with van der Waals surface area (Å²) in [6.07, 6.45) is 3.86. The Morgan fingerprint density at radius 2 is 1.68 bits per heavy atom. The minimum absolute atomic E-state index is 0.115. The molecule has 2 aliphatic rings. The molecule has 25 heavy (non-hydrogen) atoms. The lowest BCUT2D eigenvalue weighted by atomic mass is 9.86. The molecular formula is C21H29NO3. The number of carbonyl (C=O) groups excluding carboxylic acids is 1. The van der Waals surface area contributed by atoms with E-state index in [1.54, 1.807) is 0 Å². The van der Waals surface area contributed by atoms with Gasteiger partial charge in [0.25, 0.3) is 0 Å². The van der Waals surface area contributed by atoms with Gasteiger partial charge in [-0.1, -0.05) is 45.0 Å². The van der Waals surface area contributed by atoms with Crippen LogP contribution < -0.4 is 0 Å². The molecular weight excluding hydrogens is 314 g/mol. The van der Waals surface area contributed by atoms with Crippen LogP contribution in [0.4, 0.5) is 0 Å². The molecule has 1 aliphatic heterocycles. The predicted octanol–water partition coefficient (Wildman–Crippen LogP) is 4.15. The van der Waals surface area contributed by atoms with Crippen LogP contribution in [0.2, 0.25) is 0 Å². The maximum atomic E-state index is 13.0. The van der Waals surface area contributed by atoms with Crippen molar-refractivity contribution in [1.29, 1.82) is 0 Å². The average Bonchev–Trinajstić information content (AvgIpc) is 3.23. The van der Waals surface area contributed by atoms with Crippen LogP contribution >= 0.6 is 0 Å². The van der Waals surface area contributed by atoms with Gasteiger partial charge in [-0.15, -0.1) is 0 Å². The number of hydrogen-bond donors (Lipinski definition) is 1. The Bertz CT molecular complexity index is 644. The molecule has 0 bridgehead atoms. The van der Waals surface area contributed by atoms with Crippen molar-refractivity contribution in [3.05, 3.63) is 35.4 Å². The molecule has 0 radical (unpaired) electrons. The number of carboxylic acids is 1. The van der Waals surface area contributed by atoms with Crippen LogP contribution in [0.1, 0.15) is 70.0 Å². The van der Waals surface area contributed by atoms with Crippen LogP contribution in [0, 0.1) is 11.8 Å². The van der Waals surface area contributed by atoms with Crippen molar-refractivity contribution in [3.8, 4) is 0 Å². The van der Waals surface area contributed by atoms with Gasteiger partial charge in [-0.25, -0.2) is 0 Å². The van der Waals surface area contributed by atoms with Gasteiger partial charge in [-0.05, 0) is 48.6 Å². The first-order valence-electron chi connectivity index (χ1n) is 9.41. The van der Waals surface area contributed by atoms with Crippen molar-refractivity contribution in [3.63, 3.8) is 0 Å². The smallest absolute Gasteiger partial charge is 0.306 e. The zero-order valence-electron chi connectivity index (χ0n) is 15.5. The Balaban J connectivity index is 1.72. The molecule has 0 spiro atoms. The highest BCUT2D eigenvalue weighted by molar-refractivity contribution is 5.81. The first-order valence-corrected chi connectivity index (χ1v) is 9.41. The Kier molecular flexibility index (Phi) is 4.90. The summed E-state index contributed by atoms with van der Waals surface area (Å²) in [4.78, 5) is 26.1. The molecule has 3 rings (SSSR count). The van der Waals surface area contributed by atoms with E-state index < -0.39 is 5.97 Å². The standard InChI is InChI=1S/C21H29NO3/c1-21(2,3)17-10-8-14(9-11-17)18-5-4-12-22(18)19(23)15-6-7-16(13-15)20(24)25/h8-11,15-16,18H,4-7,12-13H2,1-3H3,(H,24,25)/t15-,16+,18?/m1/s1. The molecule has 0 aromatic heterocycles. The summed E-state index contributed by atoms with van der Waals surface area (Å²) in [7, 11) is 0. The molecule has 1 amide bonds. The third-order valence-corrected chi connectivity index (χ3v) is 5.83. The second kappa shape index (κ2) is 6.81. The number of nitrogens with zero attached hydrogens (tertiary/aromatic N) is 1. The van der Waals surface area contributed by atoms with Gasteiger partial charge >= 0.3 is 5.97 Å². The first-order chi connectivity index (χ1) is 11.8. The van der Waals surface area contributed by atoms with Crippen LogP contribution in [0.3, 0.4) is 0 Å². The second-order valence-corrected chi connectivity index (χ2v) is 8.61. The van der Waals surface area contributed by atoms with Crippen molar-refractivity contribution >= 4 is 11.9 Å². The molecule has 2 fully saturated rings. The van der Waals surface area contributed by atoms with Gasteiger partial charge in [0.1, 0.15) is 0 Å². The molecule has 1 N–H and O–H groups in total. The minimum atomic E-state index is -0.758. The van der Waals surface area contributed by atoms with Gasteiger partial charge in [-0.2, -0.15) is 0 Å². The maximum Gasteiger partial charge on any atom is 0.306 e. The third-order valence-electron chi connectivity index (χ3n) is 5.83. The van der Waals surface area contributed by atoms with Crippen molar-refractivity contribution < 1.29 is 14.7 Å². The SMILES string of the molecule is CC(C)(C)c1ccc(C2CCCN2C(=O)[C@@H]2CC[C@H](C(=O)O)C2)cc1. The molecule has 1 saturated heterocycles. The van der Waals surface area contributed by atoms with Gasteiger partial charge in [0.05, 0.1) is 12.0 Å². The summed E-state index contributed by atoms with van der Waals surface area (Å²) in [6.45, 7) is 7.39. The van der Waals surface area contributed by atoms with Crippen LogP contribution in [0.15, 0.2) is 24.3 Å². The van der Waals surface area contributed by atoms with Gasteiger partial charge in [0.15, 0.2) is 0 Å². The van der Waals surface area contributed by atoms with Crippen LogP contribution in [-0.2, 0) is 15.0 Å². The van der Waals surface area contributed by atoms with Crippen molar-refractivity contribution in [1.82, 2.24) is 4.90 Å². The molecule has 4 heteroatoms. The van der Waals surface area contributed by atoms with Gasteiger partial charge in [0, 0.05) is 12.5 Å². The first kappa shape index (κ1) is 18.0. The summed E-state index contributed by atoms with van der Waals surface area (Å²) in [5, 5.41) is 9.17. The van der Waals surface area contributed by atoms with E-state index in [1.807, 2.05) is 4.90 Å². The Hall–Kier alpha value is -1.84. The average molecular weight is 343 g/mol. The lowest BCUT2D eigenvalue weighted by Crippen LogP contribution is -2.35. The Labute approximate surface area is 150 Å². The van der Waals surface area contributed by atoms with E-state index in [4.69, 9.17) is 0 Å². The highest BCUT2D eigenvalue weighted by atomic mass is 16.4. The number of carboxylic acid groups (broad SMARTS) is 1. The van der Waals surface area contributed by atoms with E-state index in [2.05, 4.69) is 45.0 Å². The van der Waals surface area contributed by atoms with Crippen LogP contribution in [-0.4, -0.2) is 28.4 Å². The quantitative estimate of drug-likeness (QED) is 0.897. The summed E-state index contributed by atoms with van der Waals surface area (Å²) in [5.41, 5.74) is 2.62. The second-order valence-electron chi connectivity index (χ2n) is 8.61. The summed E-state index contributed by atoms with van der Waals surface area (Å²) < 4.78 is 0. The lowest BCUT2D eigenvalue weighted by Gasteiger charge is -2.28. The minimum Gasteiger partial charge on any atom is -0.481 e. The monoisotopic (exact) mass is 343 g/mol. The van der Waals surface area contributed by atoms with Crippen molar-refractivity contribution in [2.24, 2.45) is 11.8 Å². The molecule has 3 atom stereocenters. The van der Waals surface area contributed by atoms with E-state index in [-0.39, 0.29) is 29.2 Å².